The van der Waals surface area contributed by atoms with Gasteiger partial charge >= 0.3 is 6.18 Å². The lowest BCUT2D eigenvalue weighted by Gasteiger charge is -2.12. The van der Waals surface area contributed by atoms with E-state index in [4.69, 9.17) is 39.5 Å². The number of rotatable bonds is 5. The number of hydrogen-bond donors (Lipinski definition) is 0. The Labute approximate surface area is 225 Å². The molecular weight excluding hydrogens is 546 g/mol. The summed E-state index contributed by atoms with van der Waals surface area (Å²) in [5.74, 6) is 0.563. The number of aryl methyl sites for hydroxylation is 1. The Balaban J connectivity index is 1.54. The molecule has 0 aliphatic rings. The number of aromatic nitrogens is 3. The minimum absolute atomic E-state index is 0.0591. The topological polar surface area (TPSA) is 39.9 Å². The Morgan fingerprint density at radius 1 is 0.865 bits per heavy atom. The van der Waals surface area contributed by atoms with Crippen molar-refractivity contribution in [2.45, 2.75) is 19.7 Å². The first-order chi connectivity index (χ1) is 17.6. The molecule has 0 spiro atoms. The van der Waals surface area contributed by atoms with E-state index in [0.29, 0.717) is 33.7 Å². The molecule has 5 aromatic rings. The molecule has 0 saturated heterocycles. The molecule has 2 aromatic heterocycles. The third-order valence-corrected chi connectivity index (χ3v) is 6.73. The minimum Gasteiger partial charge on any atom is -0.489 e. The van der Waals surface area contributed by atoms with Crippen LogP contribution in [-0.2, 0) is 12.8 Å². The van der Waals surface area contributed by atoms with Crippen LogP contribution in [0.3, 0.4) is 0 Å². The predicted molar refractivity (Wildman–Crippen MR) is 140 cm³/mol. The monoisotopic (exact) mass is 561 g/mol. The Kier molecular flexibility index (Phi) is 6.79. The van der Waals surface area contributed by atoms with Crippen molar-refractivity contribution in [1.82, 2.24) is 14.8 Å². The molecule has 0 bridgehead atoms. The summed E-state index contributed by atoms with van der Waals surface area (Å²) >= 11 is 18.1. The smallest absolute Gasteiger partial charge is 0.417 e. The Morgan fingerprint density at radius 2 is 1.57 bits per heavy atom. The predicted octanol–water partition coefficient (Wildman–Crippen LogP) is 8.95. The van der Waals surface area contributed by atoms with Gasteiger partial charge in [-0.3, -0.25) is 0 Å². The molecule has 0 atom stereocenters. The molecule has 0 aliphatic carbocycles. The highest BCUT2D eigenvalue weighted by Crippen LogP contribution is 2.39. The fourth-order valence-corrected chi connectivity index (χ4v) is 4.34. The van der Waals surface area contributed by atoms with Crippen LogP contribution in [0, 0.1) is 6.92 Å². The average molecular weight is 563 g/mol. The number of hydrogen-bond acceptors (Lipinski definition) is 3. The summed E-state index contributed by atoms with van der Waals surface area (Å²) in [4.78, 5) is 4.57. The molecule has 0 saturated carbocycles. The molecule has 4 nitrogen and oxygen atoms in total. The second-order valence-corrected chi connectivity index (χ2v) is 9.54. The highest BCUT2D eigenvalue weighted by Gasteiger charge is 2.36. The number of nitrogens with zero attached hydrogens (tertiary/aromatic N) is 3. The summed E-state index contributed by atoms with van der Waals surface area (Å²) in [5.41, 5.74) is 1.44. The van der Waals surface area contributed by atoms with E-state index in [0.717, 1.165) is 11.6 Å². The molecule has 3 aromatic carbocycles. The van der Waals surface area contributed by atoms with Crippen LogP contribution in [0.25, 0.3) is 28.0 Å². The second-order valence-electron chi connectivity index (χ2n) is 8.29. The van der Waals surface area contributed by atoms with Gasteiger partial charge in [-0.2, -0.15) is 18.3 Å². The highest BCUT2D eigenvalue weighted by atomic mass is 35.5. The maximum atomic E-state index is 14.1. The third kappa shape index (κ3) is 5.25. The number of ether oxygens (including phenoxy) is 1. The van der Waals surface area contributed by atoms with Crippen molar-refractivity contribution in [1.29, 1.82) is 0 Å². The van der Waals surface area contributed by atoms with E-state index in [1.165, 1.54) is 17.7 Å². The molecule has 188 valence electrons. The molecule has 0 fully saturated rings. The van der Waals surface area contributed by atoms with Gasteiger partial charge in [0.2, 0.25) is 0 Å². The molecular formula is C27H17Cl3F3N3O. The number of halogens is 6. The lowest BCUT2D eigenvalue weighted by Crippen LogP contribution is -2.08. The first-order valence-corrected chi connectivity index (χ1v) is 12.1. The standard InChI is InChI=1S/C27H17Cl3F3N3O/c1-15-25-21(27(31,32)33)13-24(34-26(25)36(35-15)19-8-11-22(29)23(30)12-19)17-4-9-20(10-5-17)37-14-16-2-6-18(28)7-3-16/h2-13H,14H2,1H3. The first-order valence-electron chi connectivity index (χ1n) is 11.0. The van der Waals surface area contributed by atoms with Gasteiger partial charge in [0, 0.05) is 10.6 Å². The van der Waals surface area contributed by atoms with Gasteiger partial charge in [-0.15, -0.1) is 0 Å². The first kappa shape index (κ1) is 25.4. The van der Waals surface area contributed by atoms with E-state index in [1.807, 2.05) is 12.1 Å². The van der Waals surface area contributed by atoms with Crippen molar-refractivity contribution in [3.63, 3.8) is 0 Å². The molecule has 0 N–H and O–H groups in total. The van der Waals surface area contributed by atoms with Gasteiger partial charge in [-0.05, 0) is 73.2 Å². The fourth-order valence-electron chi connectivity index (χ4n) is 3.93. The van der Waals surface area contributed by atoms with E-state index in [1.54, 1.807) is 48.5 Å². The molecule has 2 heterocycles. The van der Waals surface area contributed by atoms with Crippen LogP contribution in [-0.4, -0.2) is 14.8 Å². The quantitative estimate of drug-likeness (QED) is 0.215. The molecule has 0 aliphatic heterocycles. The second kappa shape index (κ2) is 9.89. The van der Waals surface area contributed by atoms with Gasteiger partial charge in [-0.1, -0.05) is 46.9 Å². The number of pyridine rings is 1. The van der Waals surface area contributed by atoms with Crippen LogP contribution >= 0.6 is 34.8 Å². The van der Waals surface area contributed by atoms with E-state index in [2.05, 4.69) is 10.1 Å². The maximum absolute atomic E-state index is 14.1. The summed E-state index contributed by atoms with van der Waals surface area (Å²) in [6.07, 6.45) is -4.62. The van der Waals surface area contributed by atoms with E-state index in [-0.39, 0.29) is 27.4 Å². The van der Waals surface area contributed by atoms with Crippen molar-refractivity contribution in [2.75, 3.05) is 0 Å². The normalized spacial score (nSPS) is 11.8. The number of fused-ring (bicyclic) bond motifs is 1. The molecule has 0 unspecified atom stereocenters. The largest absolute Gasteiger partial charge is 0.489 e. The van der Waals surface area contributed by atoms with Crippen LogP contribution in [0.2, 0.25) is 15.1 Å². The molecule has 0 amide bonds. The SMILES string of the molecule is Cc1nn(-c2ccc(Cl)c(Cl)c2)c2nc(-c3ccc(OCc4ccc(Cl)cc4)cc3)cc(C(F)(F)F)c12. The third-order valence-electron chi connectivity index (χ3n) is 5.73. The van der Waals surface area contributed by atoms with Crippen LogP contribution < -0.4 is 4.74 Å². The van der Waals surface area contributed by atoms with Gasteiger partial charge in [0.25, 0.3) is 0 Å². The summed E-state index contributed by atoms with van der Waals surface area (Å²) in [6, 6.07) is 19.7. The molecule has 5 rings (SSSR count). The van der Waals surface area contributed by atoms with Crippen molar-refractivity contribution < 1.29 is 17.9 Å². The zero-order valence-electron chi connectivity index (χ0n) is 19.2. The lowest BCUT2D eigenvalue weighted by molar-refractivity contribution is -0.136. The Hall–Kier alpha value is -3.26. The average Bonchev–Trinajstić information content (AvgIpc) is 3.21. The van der Waals surface area contributed by atoms with Crippen LogP contribution in [0.15, 0.2) is 72.8 Å². The van der Waals surface area contributed by atoms with Crippen molar-refractivity contribution in [2.24, 2.45) is 0 Å². The lowest BCUT2D eigenvalue weighted by atomic mass is 10.0. The maximum Gasteiger partial charge on any atom is 0.417 e. The molecule has 10 heteroatoms. The van der Waals surface area contributed by atoms with Gasteiger partial charge in [-0.25, -0.2) is 9.67 Å². The van der Waals surface area contributed by atoms with Crippen molar-refractivity contribution in [3.8, 4) is 22.7 Å². The zero-order chi connectivity index (χ0) is 26.3. The highest BCUT2D eigenvalue weighted by molar-refractivity contribution is 6.42. The van der Waals surface area contributed by atoms with Crippen LogP contribution in [0.1, 0.15) is 16.8 Å². The van der Waals surface area contributed by atoms with Crippen LogP contribution in [0.5, 0.6) is 5.75 Å². The van der Waals surface area contributed by atoms with E-state index < -0.39 is 11.7 Å². The fraction of sp³-hybridized carbons (Fsp3) is 0.111. The van der Waals surface area contributed by atoms with E-state index in [9.17, 15) is 13.2 Å². The molecule has 37 heavy (non-hydrogen) atoms. The minimum atomic E-state index is -4.62. The van der Waals surface area contributed by atoms with E-state index >= 15 is 0 Å². The Bertz CT molecular complexity index is 1600. The van der Waals surface area contributed by atoms with Gasteiger partial charge < -0.3 is 4.74 Å². The zero-order valence-corrected chi connectivity index (χ0v) is 21.4. The van der Waals surface area contributed by atoms with Crippen LogP contribution in [0.4, 0.5) is 13.2 Å². The van der Waals surface area contributed by atoms with Crippen molar-refractivity contribution >= 4 is 45.8 Å². The summed E-state index contributed by atoms with van der Waals surface area (Å²) in [7, 11) is 0. The van der Waals surface area contributed by atoms with Gasteiger partial charge in [0.05, 0.1) is 38.1 Å². The van der Waals surface area contributed by atoms with Gasteiger partial charge in [0.1, 0.15) is 12.4 Å². The summed E-state index contributed by atoms with van der Waals surface area (Å²) < 4.78 is 49.6. The number of benzene rings is 3. The summed E-state index contributed by atoms with van der Waals surface area (Å²) in [6.45, 7) is 1.83. The van der Waals surface area contributed by atoms with Crippen molar-refractivity contribution in [3.05, 3.63) is 105 Å². The molecule has 0 radical (unpaired) electrons. The Morgan fingerprint density at radius 3 is 2.22 bits per heavy atom. The number of alkyl halides is 3. The van der Waals surface area contributed by atoms with Gasteiger partial charge in [0.15, 0.2) is 5.65 Å². The summed E-state index contributed by atoms with van der Waals surface area (Å²) in [5, 5.41) is 5.46.